The van der Waals surface area contributed by atoms with Crippen LogP contribution in [0.2, 0.25) is 0 Å². The molecule has 1 aliphatic carbocycles. The summed E-state index contributed by atoms with van der Waals surface area (Å²) in [5.74, 6) is 1.57. The van der Waals surface area contributed by atoms with Gasteiger partial charge in [-0.3, -0.25) is 9.59 Å². The summed E-state index contributed by atoms with van der Waals surface area (Å²) in [4.78, 5) is 33.4. The molecule has 3 aliphatic heterocycles. The van der Waals surface area contributed by atoms with E-state index in [0.717, 1.165) is 73.8 Å². The molecule has 0 unspecified atom stereocenters. The summed E-state index contributed by atoms with van der Waals surface area (Å²) in [6.45, 7) is 10.6. The van der Waals surface area contributed by atoms with Gasteiger partial charge in [0.15, 0.2) is 6.10 Å². The number of amides is 2. The van der Waals surface area contributed by atoms with E-state index in [9.17, 15) is 9.59 Å². The van der Waals surface area contributed by atoms with Crippen molar-refractivity contribution in [3.8, 4) is 5.75 Å². The van der Waals surface area contributed by atoms with Gasteiger partial charge < -0.3 is 30.1 Å². The Morgan fingerprint density at radius 3 is 2.15 bits per heavy atom. The van der Waals surface area contributed by atoms with Crippen LogP contribution in [-0.4, -0.2) is 93.2 Å². The molecule has 0 radical (unpaired) electrons. The van der Waals surface area contributed by atoms with Crippen molar-refractivity contribution < 1.29 is 25.0 Å². The van der Waals surface area contributed by atoms with Gasteiger partial charge in [-0.2, -0.15) is 0 Å². The lowest BCUT2D eigenvalue weighted by Crippen LogP contribution is -2.89. The van der Waals surface area contributed by atoms with E-state index < -0.39 is 0 Å². The van der Waals surface area contributed by atoms with Gasteiger partial charge in [-0.1, -0.05) is 19.3 Å². The second-order valence-electron chi connectivity index (χ2n) is 12.4. The summed E-state index contributed by atoms with van der Waals surface area (Å²) in [7, 11) is 0. The van der Waals surface area contributed by atoms with Crippen molar-refractivity contribution >= 4 is 17.5 Å². The molecule has 2 amide bonds. The second kappa shape index (κ2) is 12.8. The van der Waals surface area contributed by atoms with E-state index in [4.69, 9.17) is 4.74 Å². The first-order valence-corrected chi connectivity index (χ1v) is 15.9. The minimum atomic E-state index is 0.0645. The van der Waals surface area contributed by atoms with Crippen LogP contribution in [0.4, 0.5) is 5.69 Å². The second-order valence-corrected chi connectivity index (χ2v) is 12.4. The largest absolute Gasteiger partial charge is 0.484 e. The number of benzene rings is 2. The summed E-state index contributed by atoms with van der Waals surface area (Å²) in [6.07, 6.45) is 7.46. The van der Waals surface area contributed by atoms with E-state index in [-0.39, 0.29) is 17.9 Å². The number of carbonyl (C=O) groups excluding carboxylic acids is 2. The standard InChI is InChI=1S/C33H45N5O3/c1-24-19-27(21-28(20-24)36-13-11-34-12-14-36)33(40)38-17-15-37(16-18-38)32(39)26-7-8-31(41-29-9-10-35-23-29)30(22-26)25-5-3-2-4-6-25/h7-8,19-22,25,29,34-35H,2-6,9-18,23H2,1H3/p+2/t29-/m0/s1. The third-order valence-corrected chi connectivity index (χ3v) is 9.45. The SMILES string of the molecule is Cc1cc(C(=O)N2CCN(C(=O)c3ccc(O[C@H]4CC[NH2+]C4)c(C4CCCCC4)c3)CC2)cc(N2CC[NH2+]CC2)c1. The zero-order valence-corrected chi connectivity index (χ0v) is 24.7. The molecule has 4 fully saturated rings. The van der Waals surface area contributed by atoms with E-state index in [1.54, 1.807) is 0 Å². The Kier molecular flexibility index (Phi) is 8.77. The molecule has 4 aliphatic rings. The van der Waals surface area contributed by atoms with Crippen LogP contribution in [0.25, 0.3) is 0 Å². The Bertz CT molecular complexity index is 1220. The molecule has 8 heteroatoms. The molecule has 0 aromatic heterocycles. The Balaban J connectivity index is 1.12. The number of anilines is 1. The maximum atomic E-state index is 13.7. The van der Waals surface area contributed by atoms with Crippen LogP contribution in [-0.2, 0) is 0 Å². The molecule has 3 heterocycles. The zero-order valence-electron chi connectivity index (χ0n) is 24.7. The van der Waals surface area contributed by atoms with Crippen molar-refractivity contribution in [1.29, 1.82) is 0 Å². The fourth-order valence-electron chi connectivity index (χ4n) is 7.09. The lowest BCUT2D eigenvalue weighted by Gasteiger charge is -2.35. The molecule has 3 saturated heterocycles. The number of hydrogen-bond donors (Lipinski definition) is 2. The number of nitrogens with zero attached hydrogens (tertiary/aromatic N) is 3. The predicted octanol–water partition coefficient (Wildman–Crippen LogP) is 1.74. The Hall–Kier alpha value is -3.10. The fourth-order valence-corrected chi connectivity index (χ4v) is 7.09. The lowest BCUT2D eigenvalue weighted by molar-refractivity contribution is -0.655. The number of rotatable bonds is 6. The van der Waals surface area contributed by atoms with E-state index in [1.807, 2.05) is 28.0 Å². The quantitative estimate of drug-likeness (QED) is 0.563. The first kappa shape index (κ1) is 28.0. The average molecular weight is 562 g/mol. The highest BCUT2D eigenvalue weighted by molar-refractivity contribution is 5.97. The van der Waals surface area contributed by atoms with Crippen molar-refractivity contribution in [3.63, 3.8) is 0 Å². The highest BCUT2D eigenvalue weighted by atomic mass is 16.5. The van der Waals surface area contributed by atoms with Gasteiger partial charge in [0.2, 0.25) is 0 Å². The Labute approximate surface area is 244 Å². The Morgan fingerprint density at radius 1 is 0.756 bits per heavy atom. The summed E-state index contributed by atoms with van der Waals surface area (Å²) in [6, 6.07) is 12.4. The van der Waals surface area contributed by atoms with Gasteiger partial charge in [-0.15, -0.1) is 0 Å². The third kappa shape index (κ3) is 6.54. The number of quaternary nitrogens is 2. The molecule has 1 saturated carbocycles. The van der Waals surface area contributed by atoms with Crippen LogP contribution in [0.1, 0.15) is 76.3 Å². The number of nitrogens with two attached hydrogens (primary N) is 2. The van der Waals surface area contributed by atoms with E-state index in [2.05, 4.69) is 40.7 Å². The van der Waals surface area contributed by atoms with Crippen molar-refractivity contribution in [2.75, 3.05) is 70.3 Å². The number of hydrogen-bond acceptors (Lipinski definition) is 4. The monoisotopic (exact) mass is 561 g/mol. The van der Waals surface area contributed by atoms with Crippen LogP contribution >= 0.6 is 0 Å². The van der Waals surface area contributed by atoms with Gasteiger partial charge in [0.1, 0.15) is 12.3 Å². The maximum Gasteiger partial charge on any atom is 0.254 e. The van der Waals surface area contributed by atoms with Gasteiger partial charge in [-0.05, 0) is 73.2 Å². The molecule has 1 atom stereocenters. The minimum absolute atomic E-state index is 0.0645. The van der Waals surface area contributed by atoms with Crippen LogP contribution in [0.5, 0.6) is 5.75 Å². The van der Waals surface area contributed by atoms with E-state index >= 15 is 0 Å². The average Bonchev–Trinajstić information content (AvgIpc) is 3.54. The van der Waals surface area contributed by atoms with E-state index in [1.165, 1.54) is 37.7 Å². The molecule has 6 rings (SSSR count). The molecule has 4 N–H and O–H groups in total. The summed E-state index contributed by atoms with van der Waals surface area (Å²) >= 11 is 0. The first-order valence-electron chi connectivity index (χ1n) is 15.9. The summed E-state index contributed by atoms with van der Waals surface area (Å²) in [5, 5.41) is 4.66. The topological polar surface area (TPSA) is 86.3 Å². The van der Waals surface area contributed by atoms with Gasteiger partial charge in [0, 0.05) is 49.4 Å². The normalized spacial score (nSPS) is 22.2. The molecule has 8 nitrogen and oxygen atoms in total. The number of piperazine rings is 2. The highest BCUT2D eigenvalue weighted by Gasteiger charge is 2.29. The van der Waals surface area contributed by atoms with Crippen LogP contribution in [0.15, 0.2) is 36.4 Å². The summed E-state index contributed by atoms with van der Waals surface area (Å²) < 4.78 is 6.47. The van der Waals surface area contributed by atoms with Gasteiger partial charge in [0.25, 0.3) is 11.8 Å². The first-order chi connectivity index (χ1) is 20.0. The highest BCUT2D eigenvalue weighted by Crippen LogP contribution is 2.38. The number of carbonyl (C=O) groups is 2. The zero-order chi connectivity index (χ0) is 28.2. The third-order valence-electron chi connectivity index (χ3n) is 9.45. The van der Waals surface area contributed by atoms with Crippen molar-refractivity contribution in [1.82, 2.24) is 9.80 Å². The molecule has 2 aromatic carbocycles. The minimum Gasteiger partial charge on any atom is -0.484 e. The number of aryl methyl sites for hydroxylation is 1. The van der Waals surface area contributed by atoms with Gasteiger partial charge in [0.05, 0.1) is 32.7 Å². The van der Waals surface area contributed by atoms with E-state index in [0.29, 0.717) is 32.1 Å². The molecule has 0 bridgehead atoms. The maximum absolute atomic E-state index is 13.7. The van der Waals surface area contributed by atoms with Crippen molar-refractivity contribution in [3.05, 3.63) is 58.7 Å². The smallest absolute Gasteiger partial charge is 0.254 e. The molecule has 41 heavy (non-hydrogen) atoms. The van der Waals surface area contributed by atoms with Crippen LogP contribution < -0.4 is 20.3 Å². The summed E-state index contributed by atoms with van der Waals surface area (Å²) in [5.41, 5.74) is 4.97. The molecule has 0 spiro atoms. The molecular weight excluding hydrogens is 514 g/mol. The molecule has 220 valence electrons. The van der Waals surface area contributed by atoms with Crippen molar-refractivity contribution in [2.24, 2.45) is 0 Å². The molecular formula is C33H47N5O3+2. The van der Waals surface area contributed by atoms with Gasteiger partial charge >= 0.3 is 0 Å². The lowest BCUT2D eigenvalue weighted by atomic mass is 9.83. The Morgan fingerprint density at radius 2 is 1.46 bits per heavy atom. The van der Waals surface area contributed by atoms with Crippen molar-refractivity contribution in [2.45, 2.75) is 57.5 Å². The van der Waals surface area contributed by atoms with Crippen LogP contribution in [0, 0.1) is 6.92 Å². The van der Waals surface area contributed by atoms with Crippen LogP contribution in [0.3, 0.4) is 0 Å². The fraction of sp³-hybridized carbons (Fsp3) is 0.576. The predicted molar refractivity (Wildman–Crippen MR) is 160 cm³/mol. The number of ether oxygens (including phenoxy) is 1. The van der Waals surface area contributed by atoms with Gasteiger partial charge in [-0.25, -0.2) is 0 Å². The molecule has 2 aromatic rings.